The van der Waals surface area contributed by atoms with Crippen LogP contribution in [0.2, 0.25) is 0 Å². The van der Waals surface area contributed by atoms with E-state index >= 15 is 0 Å². The Labute approximate surface area is 247 Å². The van der Waals surface area contributed by atoms with Crippen LogP contribution in [0, 0.1) is 17.8 Å². The summed E-state index contributed by atoms with van der Waals surface area (Å²) < 4.78 is 11.5. The van der Waals surface area contributed by atoms with E-state index in [0.29, 0.717) is 6.54 Å². The largest absolute Gasteiger partial charge is 0.379 e. The molecule has 0 aromatic rings. The third-order valence-corrected chi connectivity index (χ3v) is 8.99. The number of piperazine rings is 1. The van der Waals surface area contributed by atoms with Gasteiger partial charge in [0.15, 0.2) is 0 Å². The van der Waals surface area contributed by atoms with Crippen molar-refractivity contribution in [2.75, 3.05) is 60.5 Å². The van der Waals surface area contributed by atoms with Crippen molar-refractivity contribution in [3.8, 4) is 0 Å². The summed E-state index contributed by atoms with van der Waals surface area (Å²) in [6.45, 7) is 13.7. The Morgan fingerprint density at radius 2 is 1.73 bits per heavy atom. The molecule has 0 aromatic carbocycles. The lowest BCUT2D eigenvalue weighted by atomic mass is 9.90. The average molecular weight is 582 g/mol. The fraction of sp³-hybridized carbons (Fsp3) is 0.867. The van der Waals surface area contributed by atoms with Crippen LogP contribution in [0.3, 0.4) is 0 Å². The van der Waals surface area contributed by atoms with Gasteiger partial charge in [0.25, 0.3) is 0 Å². The molecule has 0 aliphatic carbocycles. The summed E-state index contributed by atoms with van der Waals surface area (Å²) in [4.78, 5) is 57.3. The fourth-order valence-corrected chi connectivity index (χ4v) is 6.52. The number of nitrogens with zero attached hydrogens (tertiary/aromatic N) is 3. The lowest BCUT2D eigenvalue weighted by molar-refractivity contribution is -0.145. The first-order chi connectivity index (χ1) is 19.5. The summed E-state index contributed by atoms with van der Waals surface area (Å²) in [5, 5.41) is 6.20. The molecule has 0 bridgehead atoms. The number of nitrogens with one attached hydrogen (secondary N) is 2. The zero-order valence-corrected chi connectivity index (χ0v) is 26.6. The van der Waals surface area contributed by atoms with Gasteiger partial charge in [-0.25, -0.2) is 0 Å². The van der Waals surface area contributed by atoms with Gasteiger partial charge in [-0.1, -0.05) is 41.0 Å². The van der Waals surface area contributed by atoms with E-state index in [9.17, 15) is 19.2 Å². The molecule has 2 aliphatic heterocycles. The molecular weight excluding hydrogens is 526 g/mol. The first kappa shape index (κ1) is 35.1. The Kier molecular flexibility index (Phi) is 14.7. The Morgan fingerprint density at radius 1 is 1.07 bits per heavy atom. The second-order valence-electron chi connectivity index (χ2n) is 12.0. The number of carbonyl (C=O) groups is 4. The minimum Gasteiger partial charge on any atom is -0.379 e. The molecule has 2 N–H and O–H groups in total. The Bertz CT molecular complexity index is 851. The van der Waals surface area contributed by atoms with E-state index in [2.05, 4.69) is 15.5 Å². The van der Waals surface area contributed by atoms with Crippen LogP contribution in [0.1, 0.15) is 60.3 Å². The second-order valence-corrected chi connectivity index (χ2v) is 12.0. The number of likely N-dealkylation sites (tertiary alicyclic amines) is 1. The molecule has 0 saturated carbocycles. The quantitative estimate of drug-likeness (QED) is 0.261. The van der Waals surface area contributed by atoms with Crippen LogP contribution in [-0.4, -0.2) is 130 Å². The van der Waals surface area contributed by atoms with Gasteiger partial charge < -0.3 is 34.7 Å². The van der Waals surface area contributed by atoms with E-state index in [-0.39, 0.29) is 72.7 Å². The molecule has 2 saturated heterocycles. The van der Waals surface area contributed by atoms with Crippen molar-refractivity contribution in [1.82, 2.24) is 25.3 Å². The lowest BCUT2D eigenvalue weighted by Crippen LogP contribution is -2.57. The van der Waals surface area contributed by atoms with Gasteiger partial charge in [-0.05, 0) is 24.7 Å². The molecule has 6 unspecified atom stereocenters. The smallest absolute Gasteiger partial charge is 0.242 e. The van der Waals surface area contributed by atoms with Crippen LogP contribution in [-0.2, 0) is 28.7 Å². The van der Waals surface area contributed by atoms with E-state index in [0.717, 1.165) is 51.7 Å². The van der Waals surface area contributed by atoms with Gasteiger partial charge >= 0.3 is 0 Å². The molecule has 11 nitrogen and oxygen atoms in total. The molecule has 3 amide bonds. The minimum atomic E-state index is -0.530. The number of likely N-dealkylation sites (N-methyl/N-ethyl adjacent to an activating group) is 1. The zero-order chi connectivity index (χ0) is 30.7. The number of rotatable bonds is 16. The van der Waals surface area contributed by atoms with Gasteiger partial charge in [-0.2, -0.15) is 0 Å². The first-order valence-electron chi connectivity index (χ1n) is 15.3. The predicted molar refractivity (Wildman–Crippen MR) is 158 cm³/mol. The van der Waals surface area contributed by atoms with Crippen molar-refractivity contribution in [3.63, 3.8) is 0 Å². The number of ether oxygens (including phenoxy) is 2. The molecule has 41 heavy (non-hydrogen) atoms. The summed E-state index contributed by atoms with van der Waals surface area (Å²) >= 11 is 0. The standard InChI is InChI=1S/C30H55N5O6/c1-9-21(4)28(24(40-7)17-25(37)35-14-10-11-23(35)29(41-8)22(5)19-36)33(6)26(38)18-32-30(39)27(20(2)3)34-15-12-31-13-16-34/h19-24,27-29,31H,9-18H2,1-8H3,(H,32,39)/t21?,22?,23?,24?,27?,28-,29?/m0/s1. The van der Waals surface area contributed by atoms with Gasteiger partial charge in [0.2, 0.25) is 17.7 Å². The summed E-state index contributed by atoms with van der Waals surface area (Å²) in [6.07, 6.45) is 2.49. The summed E-state index contributed by atoms with van der Waals surface area (Å²) in [7, 11) is 4.88. The highest BCUT2D eigenvalue weighted by Gasteiger charge is 2.40. The highest BCUT2D eigenvalue weighted by Crippen LogP contribution is 2.28. The molecule has 7 atom stereocenters. The van der Waals surface area contributed by atoms with Crippen molar-refractivity contribution >= 4 is 24.0 Å². The Morgan fingerprint density at radius 3 is 2.27 bits per heavy atom. The first-order valence-corrected chi connectivity index (χ1v) is 15.3. The molecule has 0 spiro atoms. The number of aldehydes is 1. The van der Waals surface area contributed by atoms with E-state index < -0.39 is 6.10 Å². The maximum absolute atomic E-state index is 13.6. The van der Waals surface area contributed by atoms with E-state index in [4.69, 9.17) is 9.47 Å². The highest BCUT2D eigenvalue weighted by atomic mass is 16.5. The SMILES string of the molecule is CCC(C)[C@@H](C(CC(=O)N1CCCC1C(OC)C(C)C=O)OC)N(C)C(=O)CNC(=O)C(C(C)C)N1CCNCC1. The van der Waals surface area contributed by atoms with Crippen LogP contribution < -0.4 is 10.6 Å². The van der Waals surface area contributed by atoms with Crippen molar-refractivity contribution in [3.05, 3.63) is 0 Å². The monoisotopic (exact) mass is 581 g/mol. The van der Waals surface area contributed by atoms with E-state index in [1.165, 1.54) is 0 Å². The normalized spacial score (nSPS) is 22.5. The number of hydrogen-bond acceptors (Lipinski definition) is 8. The van der Waals surface area contributed by atoms with Crippen LogP contribution in [0.15, 0.2) is 0 Å². The number of methoxy groups -OCH3 is 2. The molecule has 11 heteroatoms. The molecule has 0 aromatic heterocycles. The van der Waals surface area contributed by atoms with Gasteiger partial charge in [0.1, 0.15) is 6.29 Å². The third kappa shape index (κ3) is 9.20. The molecule has 0 radical (unpaired) electrons. The van der Waals surface area contributed by atoms with Gasteiger partial charge in [-0.3, -0.25) is 19.3 Å². The maximum atomic E-state index is 13.6. The predicted octanol–water partition coefficient (Wildman–Crippen LogP) is 1.15. The number of amides is 3. The Balaban J connectivity index is 2.11. The van der Waals surface area contributed by atoms with Crippen LogP contribution in [0.25, 0.3) is 0 Å². The molecule has 2 fully saturated rings. The third-order valence-electron chi connectivity index (χ3n) is 8.99. The fourth-order valence-electron chi connectivity index (χ4n) is 6.52. The second kappa shape index (κ2) is 17.1. The number of carbonyl (C=O) groups excluding carboxylic acids is 4. The summed E-state index contributed by atoms with van der Waals surface area (Å²) in [5.41, 5.74) is 0. The lowest BCUT2D eigenvalue weighted by Gasteiger charge is -2.39. The zero-order valence-electron chi connectivity index (χ0n) is 26.6. The van der Waals surface area contributed by atoms with Gasteiger partial charge in [0, 0.05) is 59.9 Å². The van der Waals surface area contributed by atoms with Crippen LogP contribution >= 0.6 is 0 Å². The van der Waals surface area contributed by atoms with Crippen LogP contribution in [0.4, 0.5) is 0 Å². The highest BCUT2D eigenvalue weighted by molar-refractivity contribution is 5.87. The van der Waals surface area contributed by atoms with Crippen molar-refractivity contribution in [2.24, 2.45) is 17.8 Å². The Hall–Kier alpha value is -2.08. The van der Waals surface area contributed by atoms with Crippen LogP contribution in [0.5, 0.6) is 0 Å². The molecular formula is C30H55N5O6. The van der Waals surface area contributed by atoms with Gasteiger partial charge in [-0.15, -0.1) is 0 Å². The van der Waals surface area contributed by atoms with Gasteiger partial charge in [0.05, 0.1) is 43.3 Å². The molecule has 2 rings (SSSR count). The van der Waals surface area contributed by atoms with E-state index in [1.807, 2.05) is 39.5 Å². The maximum Gasteiger partial charge on any atom is 0.242 e. The minimum absolute atomic E-state index is 0.0536. The topological polar surface area (TPSA) is 121 Å². The summed E-state index contributed by atoms with van der Waals surface area (Å²) in [6, 6.07) is -0.830. The molecule has 236 valence electrons. The average Bonchev–Trinajstić information content (AvgIpc) is 3.45. The molecule has 2 aliphatic rings. The number of hydrogen-bond donors (Lipinski definition) is 2. The van der Waals surface area contributed by atoms with E-state index in [1.54, 1.807) is 26.2 Å². The van der Waals surface area contributed by atoms with Crippen molar-refractivity contribution in [1.29, 1.82) is 0 Å². The van der Waals surface area contributed by atoms with Crippen molar-refractivity contribution < 1.29 is 28.7 Å². The van der Waals surface area contributed by atoms with Crippen molar-refractivity contribution in [2.45, 2.75) is 90.6 Å². The molecule has 2 heterocycles. The summed E-state index contributed by atoms with van der Waals surface area (Å²) in [5.74, 6) is -0.598.